The van der Waals surface area contributed by atoms with Crippen LogP contribution in [-0.4, -0.2) is 73.3 Å². The summed E-state index contributed by atoms with van der Waals surface area (Å²) in [4.78, 5) is 32.1. The fraction of sp³-hybridized carbons (Fsp3) is 0.370. The Hall–Kier alpha value is -3.85. The van der Waals surface area contributed by atoms with Gasteiger partial charge in [0.2, 0.25) is 5.91 Å². The number of carbonyl (C=O) groups is 2. The van der Waals surface area contributed by atoms with Crippen LogP contribution in [0.4, 0.5) is 17.2 Å². The molecule has 2 aliphatic heterocycles. The van der Waals surface area contributed by atoms with Gasteiger partial charge in [-0.25, -0.2) is 0 Å². The number of aromatic amines is 1. The highest BCUT2D eigenvalue weighted by molar-refractivity contribution is 6.08. The molecule has 2 aliphatic rings. The molecule has 5 rings (SSSR count). The Kier molecular flexibility index (Phi) is 6.65. The second-order valence-electron chi connectivity index (χ2n) is 9.43. The van der Waals surface area contributed by atoms with E-state index in [1.165, 1.54) is 16.8 Å². The van der Waals surface area contributed by atoms with Gasteiger partial charge >= 0.3 is 0 Å². The second kappa shape index (κ2) is 10.0. The summed E-state index contributed by atoms with van der Waals surface area (Å²) in [6.07, 6.45) is 0.605. The summed E-state index contributed by atoms with van der Waals surface area (Å²) in [5.74, 6) is 0.917. The molecule has 188 valence electrons. The van der Waals surface area contributed by atoms with Crippen LogP contribution in [0, 0.1) is 13.8 Å². The van der Waals surface area contributed by atoms with Crippen LogP contribution in [0.5, 0.6) is 5.75 Å². The highest BCUT2D eigenvalue weighted by atomic mass is 16.5. The Labute approximate surface area is 211 Å². The first-order valence-electron chi connectivity index (χ1n) is 12.3. The monoisotopic (exact) mass is 488 g/mol. The van der Waals surface area contributed by atoms with Crippen molar-refractivity contribution in [3.8, 4) is 5.75 Å². The largest absolute Gasteiger partial charge is 0.497 e. The predicted molar refractivity (Wildman–Crippen MR) is 140 cm³/mol. The van der Waals surface area contributed by atoms with Gasteiger partial charge in [-0.15, -0.1) is 0 Å². The standard InChI is InChI=1S/C27H32N6O3/c1-18-4-9-23(19(2)16-18)32-14-12-31(13-15-32)17-24(34)28-26-22-10-11-33(27(35)25(22)29-30-26)20-5-7-21(36-3)8-6-20/h4-9,16H,10-15,17H2,1-3H3,(H2,28,29,30,34). The lowest BCUT2D eigenvalue weighted by atomic mass is 10.1. The lowest BCUT2D eigenvalue weighted by Crippen LogP contribution is -2.49. The van der Waals surface area contributed by atoms with Crippen molar-refractivity contribution in [2.75, 3.05) is 61.5 Å². The molecule has 0 unspecified atom stereocenters. The third-order valence-corrected chi connectivity index (χ3v) is 6.99. The molecule has 2 aromatic carbocycles. The van der Waals surface area contributed by atoms with Crippen LogP contribution in [0.25, 0.3) is 0 Å². The summed E-state index contributed by atoms with van der Waals surface area (Å²) in [5, 5.41) is 10.0. The summed E-state index contributed by atoms with van der Waals surface area (Å²) < 4.78 is 5.20. The van der Waals surface area contributed by atoms with Crippen LogP contribution in [-0.2, 0) is 11.2 Å². The molecule has 0 saturated carbocycles. The average molecular weight is 489 g/mol. The molecule has 0 radical (unpaired) electrons. The number of aromatic nitrogens is 2. The van der Waals surface area contributed by atoms with Crippen LogP contribution in [0.1, 0.15) is 27.2 Å². The molecule has 2 amide bonds. The first-order valence-corrected chi connectivity index (χ1v) is 12.3. The summed E-state index contributed by atoms with van der Waals surface area (Å²) >= 11 is 0. The third kappa shape index (κ3) is 4.79. The van der Waals surface area contributed by atoms with Gasteiger partial charge in [0.05, 0.1) is 13.7 Å². The SMILES string of the molecule is COc1ccc(N2CCc3c(NC(=O)CN4CCN(c5ccc(C)cc5C)CC4)n[nH]c3C2=O)cc1. The molecule has 0 bridgehead atoms. The number of anilines is 3. The average Bonchev–Trinajstić information content (AvgIpc) is 3.28. The summed E-state index contributed by atoms with van der Waals surface area (Å²) in [6, 6.07) is 13.9. The first kappa shape index (κ1) is 23.9. The van der Waals surface area contributed by atoms with E-state index in [-0.39, 0.29) is 11.8 Å². The van der Waals surface area contributed by atoms with Crippen molar-refractivity contribution in [1.29, 1.82) is 0 Å². The summed E-state index contributed by atoms with van der Waals surface area (Å²) in [5.41, 5.74) is 5.80. The van der Waals surface area contributed by atoms with Crippen molar-refractivity contribution >= 4 is 29.0 Å². The van der Waals surface area contributed by atoms with E-state index >= 15 is 0 Å². The normalized spacial score (nSPS) is 16.1. The molecule has 1 saturated heterocycles. The smallest absolute Gasteiger partial charge is 0.276 e. The van der Waals surface area contributed by atoms with Crippen molar-refractivity contribution in [2.45, 2.75) is 20.3 Å². The van der Waals surface area contributed by atoms with Crippen molar-refractivity contribution in [3.63, 3.8) is 0 Å². The zero-order chi connectivity index (χ0) is 25.2. The quantitative estimate of drug-likeness (QED) is 0.554. The van der Waals surface area contributed by atoms with Gasteiger partial charge in [-0.2, -0.15) is 5.10 Å². The van der Waals surface area contributed by atoms with Crippen LogP contribution in [0.15, 0.2) is 42.5 Å². The number of amides is 2. The van der Waals surface area contributed by atoms with Crippen molar-refractivity contribution in [2.24, 2.45) is 0 Å². The molecule has 2 N–H and O–H groups in total. The van der Waals surface area contributed by atoms with Gasteiger partial charge in [0, 0.05) is 49.7 Å². The molecule has 3 aromatic rings. The van der Waals surface area contributed by atoms with Crippen LogP contribution in [0.2, 0.25) is 0 Å². The van der Waals surface area contributed by atoms with E-state index in [9.17, 15) is 9.59 Å². The van der Waals surface area contributed by atoms with Gasteiger partial charge in [0.15, 0.2) is 5.82 Å². The number of H-pyrrole nitrogens is 1. The molecular weight excluding hydrogens is 456 g/mol. The number of hydrogen-bond acceptors (Lipinski definition) is 6. The first-order chi connectivity index (χ1) is 17.4. The lowest BCUT2D eigenvalue weighted by molar-refractivity contribution is -0.117. The molecular formula is C27H32N6O3. The number of methoxy groups -OCH3 is 1. The summed E-state index contributed by atoms with van der Waals surface area (Å²) in [6.45, 7) is 8.46. The Morgan fingerprint density at radius 1 is 1.06 bits per heavy atom. The molecule has 3 heterocycles. The molecule has 9 heteroatoms. The fourth-order valence-electron chi connectivity index (χ4n) is 5.04. The maximum Gasteiger partial charge on any atom is 0.276 e. The Morgan fingerprint density at radius 2 is 1.81 bits per heavy atom. The van der Waals surface area contributed by atoms with Gasteiger partial charge in [-0.3, -0.25) is 19.6 Å². The Morgan fingerprint density at radius 3 is 2.50 bits per heavy atom. The number of carbonyl (C=O) groups excluding carboxylic acids is 2. The van der Waals surface area contributed by atoms with Crippen molar-refractivity contribution < 1.29 is 14.3 Å². The highest BCUT2D eigenvalue weighted by Gasteiger charge is 2.31. The fourth-order valence-corrected chi connectivity index (χ4v) is 5.04. The Balaban J connectivity index is 1.17. The zero-order valence-corrected chi connectivity index (χ0v) is 21.0. The number of hydrogen-bond donors (Lipinski definition) is 2. The summed E-state index contributed by atoms with van der Waals surface area (Å²) in [7, 11) is 1.61. The topological polar surface area (TPSA) is 93.8 Å². The van der Waals surface area contributed by atoms with Crippen LogP contribution < -0.4 is 19.9 Å². The molecule has 0 aliphatic carbocycles. The van der Waals surface area contributed by atoms with Crippen LogP contribution in [0.3, 0.4) is 0 Å². The number of rotatable bonds is 6. The molecule has 0 atom stereocenters. The van der Waals surface area contributed by atoms with E-state index in [1.54, 1.807) is 12.0 Å². The van der Waals surface area contributed by atoms with Gasteiger partial charge in [-0.05, 0) is 56.2 Å². The van der Waals surface area contributed by atoms with Crippen LogP contribution >= 0.6 is 0 Å². The highest BCUT2D eigenvalue weighted by Crippen LogP contribution is 2.28. The predicted octanol–water partition coefficient (Wildman–Crippen LogP) is 3.00. The number of benzene rings is 2. The van der Waals surface area contributed by atoms with Gasteiger partial charge in [-0.1, -0.05) is 17.7 Å². The number of ether oxygens (including phenoxy) is 1. The van der Waals surface area contributed by atoms with Crippen molar-refractivity contribution in [3.05, 3.63) is 64.8 Å². The Bertz CT molecular complexity index is 1260. The number of fused-ring (bicyclic) bond motifs is 1. The second-order valence-corrected chi connectivity index (χ2v) is 9.43. The van der Waals surface area contributed by atoms with E-state index in [0.717, 1.165) is 43.2 Å². The number of aryl methyl sites for hydroxylation is 2. The van der Waals surface area contributed by atoms with E-state index in [1.807, 2.05) is 24.3 Å². The number of nitrogens with zero attached hydrogens (tertiary/aromatic N) is 4. The zero-order valence-electron chi connectivity index (χ0n) is 21.0. The molecule has 0 spiro atoms. The number of piperazine rings is 1. The third-order valence-electron chi connectivity index (χ3n) is 6.99. The van der Waals surface area contributed by atoms with Gasteiger partial charge in [0.1, 0.15) is 11.4 Å². The van der Waals surface area contributed by atoms with E-state index in [4.69, 9.17) is 4.74 Å². The van der Waals surface area contributed by atoms with Gasteiger partial charge < -0.3 is 19.9 Å². The molecule has 36 heavy (non-hydrogen) atoms. The van der Waals surface area contributed by atoms with E-state index < -0.39 is 0 Å². The molecule has 1 aromatic heterocycles. The number of nitrogens with one attached hydrogen (secondary N) is 2. The maximum absolute atomic E-state index is 13.1. The minimum atomic E-state index is -0.156. The van der Waals surface area contributed by atoms with E-state index in [0.29, 0.717) is 31.0 Å². The van der Waals surface area contributed by atoms with E-state index in [2.05, 4.69) is 57.4 Å². The van der Waals surface area contributed by atoms with Gasteiger partial charge in [0.25, 0.3) is 5.91 Å². The molecule has 9 nitrogen and oxygen atoms in total. The minimum Gasteiger partial charge on any atom is -0.497 e. The van der Waals surface area contributed by atoms with Crippen molar-refractivity contribution in [1.82, 2.24) is 15.1 Å². The molecule has 1 fully saturated rings. The minimum absolute atomic E-state index is 0.116. The maximum atomic E-state index is 13.1. The lowest BCUT2D eigenvalue weighted by Gasteiger charge is -2.36.